The third-order valence-electron chi connectivity index (χ3n) is 3.95. The molecule has 0 aliphatic rings. The molecule has 132 valence electrons. The SMILES string of the molecule is N=C(N)/N=C(/c1ccccc1)c1[nH]ccc1C(N)c1ccc(O)cc1F. The monoisotopic (exact) mass is 351 g/mol. The third kappa shape index (κ3) is 3.47. The summed E-state index contributed by atoms with van der Waals surface area (Å²) in [5.41, 5.74) is 14.3. The van der Waals surface area contributed by atoms with Gasteiger partial charge in [0, 0.05) is 29.0 Å². The molecule has 0 spiro atoms. The molecule has 1 unspecified atom stereocenters. The van der Waals surface area contributed by atoms with Gasteiger partial charge in [-0.05, 0) is 12.1 Å². The average Bonchev–Trinajstić information content (AvgIpc) is 3.09. The van der Waals surface area contributed by atoms with Crippen LogP contribution in [-0.2, 0) is 0 Å². The Morgan fingerprint density at radius 1 is 1.12 bits per heavy atom. The van der Waals surface area contributed by atoms with Gasteiger partial charge in [0.05, 0.1) is 17.4 Å². The quantitative estimate of drug-likeness (QED) is 0.366. The largest absolute Gasteiger partial charge is 0.508 e. The number of benzene rings is 2. The molecule has 0 fully saturated rings. The molecule has 26 heavy (non-hydrogen) atoms. The second-order valence-electron chi connectivity index (χ2n) is 5.70. The fourth-order valence-electron chi connectivity index (χ4n) is 2.76. The van der Waals surface area contributed by atoms with Crippen LogP contribution in [0.2, 0.25) is 0 Å². The molecule has 3 aromatic rings. The van der Waals surface area contributed by atoms with Crippen molar-refractivity contribution in [3.8, 4) is 5.75 Å². The summed E-state index contributed by atoms with van der Waals surface area (Å²) in [6.45, 7) is 0. The van der Waals surface area contributed by atoms with Crippen molar-refractivity contribution in [1.29, 1.82) is 5.41 Å². The Balaban J connectivity index is 2.10. The first-order chi connectivity index (χ1) is 12.5. The van der Waals surface area contributed by atoms with Gasteiger partial charge in [0.15, 0.2) is 0 Å². The maximum Gasteiger partial charge on any atom is 0.213 e. The second kappa shape index (κ2) is 7.20. The van der Waals surface area contributed by atoms with Crippen molar-refractivity contribution in [2.45, 2.75) is 6.04 Å². The lowest BCUT2D eigenvalue weighted by molar-refractivity contribution is 0.467. The van der Waals surface area contributed by atoms with Gasteiger partial charge in [-0.25, -0.2) is 9.38 Å². The second-order valence-corrected chi connectivity index (χ2v) is 5.70. The zero-order chi connectivity index (χ0) is 18.7. The summed E-state index contributed by atoms with van der Waals surface area (Å²) in [5, 5.41) is 16.9. The van der Waals surface area contributed by atoms with E-state index in [1.165, 1.54) is 12.1 Å². The van der Waals surface area contributed by atoms with Gasteiger partial charge in [0.2, 0.25) is 5.96 Å². The number of phenolic OH excluding ortho intramolecular Hbond substituents is 1. The van der Waals surface area contributed by atoms with Gasteiger partial charge in [0.25, 0.3) is 0 Å². The van der Waals surface area contributed by atoms with E-state index in [2.05, 4.69) is 9.98 Å². The number of rotatable bonds is 4. The highest BCUT2D eigenvalue weighted by Crippen LogP contribution is 2.28. The summed E-state index contributed by atoms with van der Waals surface area (Å²) in [6, 6.07) is 14.0. The molecule has 0 bridgehead atoms. The number of aromatic nitrogens is 1. The first-order valence-electron chi connectivity index (χ1n) is 7.87. The van der Waals surface area contributed by atoms with Crippen molar-refractivity contribution in [2.75, 3.05) is 0 Å². The molecule has 3 rings (SSSR count). The summed E-state index contributed by atoms with van der Waals surface area (Å²) in [5.74, 6) is -1.13. The lowest BCUT2D eigenvalue weighted by atomic mass is 9.95. The number of nitrogens with two attached hydrogens (primary N) is 2. The van der Waals surface area contributed by atoms with E-state index in [0.717, 1.165) is 11.6 Å². The number of guanidine groups is 1. The Hall–Kier alpha value is -3.45. The van der Waals surface area contributed by atoms with Crippen LogP contribution in [0.1, 0.15) is 28.4 Å². The maximum atomic E-state index is 14.2. The minimum absolute atomic E-state index is 0.171. The first-order valence-corrected chi connectivity index (χ1v) is 7.87. The van der Waals surface area contributed by atoms with E-state index in [-0.39, 0.29) is 17.3 Å². The van der Waals surface area contributed by atoms with Gasteiger partial charge in [-0.2, -0.15) is 0 Å². The lowest BCUT2D eigenvalue weighted by Gasteiger charge is -2.16. The summed E-state index contributed by atoms with van der Waals surface area (Å²) >= 11 is 0. The van der Waals surface area contributed by atoms with Gasteiger partial charge in [-0.1, -0.05) is 36.4 Å². The van der Waals surface area contributed by atoms with E-state index in [1.54, 1.807) is 12.3 Å². The predicted molar refractivity (Wildman–Crippen MR) is 98.9 cm³/mol. The molecule has 1 aromatic heterocycles. The summed E-state index contributed by atoms with van der Waals surface area (Å²) < 4.78 is 14.2. The fraction of sp³-hybridized carbons (Fsp3) is 0.0526. The molecule has 1 atom stereocenters. The highest BCUT2D eigenvalue weighted by Gasteiger charge is 2.21. The number of phenols is 1. The molecule has 2 aromatic carbocycles. The fourth-order valence-corrected chi connectivity index (χ4v) is 2.76. The number of nitrogens with zero attached hydrogens (tertiary/aromatic N) is 1. The van der Waals surface area contributed by atoms with Crippen molar-refractivity contribution in [3.63, 3.8) is 0 Å². The Bertz CT molecular complexity index is 965. The Morgan fingerprint density at radius 3 is 2.50 bits per heavy atom. The molecule has 7 heteroatoms. The van der Waals surface area contributed by atoms with Crippen LogP contribution in [0.4, 0.5) is 4.39 Å². The zero-order valence-corrected chi connectivity index (χ0v) is 13.8. The highest BCUT2D eigenvalue weighted by molar-refractivity contribution is 6.16. The smallest absolute Gasteiger partial charge is 0.213 e. The van der Waals surface area contributed by atoms with Gasteiger partial charge >= 0.3 is 0 Å². The highest BCUT2D eigenvalue weighted by atomic mass is 19.1. The van der Waals surface area contributed by atoms with E-state index < -0.39 is 11.9 Å². The van der Waals surface area contributed by atoms with Crippen molar-refractivity contribution in [3.05, 3.63) is 89.0 Å². The Morgan fingerprint density at radius 2 is 1.85 bits per heavy atom. The summed E-state index contributed by atoms with van der Waals surface area (Å²) in [7, 11) is 0. The van der Waals surface area contributed by atoms with Crippen LogP contribution in [0, 0.1) is 11.2 Å². The van der Waals surface area contributed by atoms with Crippen LogP contribution in [0.25, 0.3) is 0 Å². The normalized spacial score (nSPS) is 12.8. The van der Waals surface area contributed by atoms with Gasteiger partial charge < -0.3 is 21.6 Å². The zero-order valence-electron chi connectivity index (χ0n) is 13.8. The van der Waals surface area contributed by atoms with Crippen molar-refractivity contribution in [1.82, 2.24) is 4.98 Å². The first kappa shape index (κ1) is 17.4. The predicted octanol–water partition coefficient (Wildman–Crippen LogP) is 2.64. The number of nitrogens with one attached hydrogen (secondary N) is 2. The summed E-state index contributed by atoms with van der Waals surface area (Å²) in [6.07, 6.45) is 1.67. The Labute approximate surface area is 149 Å². The maximum absolute atomic E-state index is 14.2. The number of aliphatic imine (C=N–C) groups is 1. The number of H-pyrrole nitrogens is 1. The number of hydrogen-bond donors (Lipinski definition) is 5. The molecule has 7 N–H and O–H groups in total. The average molecular weight is 351 g/mol. The third-order valence-corrected chi connectivity index (χ3v) is 3.95. The number of halogens is 1. The molecule has 0 aliphatic heterocycles. The molecule has 6 nitrogen and oxygen atoms in total. The minimum atomic E-state index is -0.794. The molecular formula is C19H18FN5O. The van der Waals surface area contributed by atoms with Crippen LogP contribution in [0.15, 0.2) is 65.8 Å². The van der Waals surface area contributed by atoms with Crippen LogP contribution < -0.4 is 11.5 Å². The minimum Gasteiger partial charge on any atom is -0.508 e. The van der Waals surface area contributed by atoms with E-state index in [4.69, 9.17) is 16.9 Å². The summed E-state index contributed by atoms with van der Waals surface area (Å²) in [4.78, 5) is 7.18. The van der Waals surface area contributed by atoms with Crippen LogP contribution in [0.5, 0.6) is 5.75 Å². The van der Waals surface area contributed by atoms with E-state index >= 15 is 0 Å². The number of aromatic amines is 1. The lowest BCUT2D eigenvalue weighted by Crippen LogP contribution is -2.19. The number of aromatic hydroxyl groups is 1. The van der Waals surface area contributed by atoms with Crippen molar-refractivity contribution >= 4 is 11.7 Å². The molecule has 0 saturated carbocycles. The standard InChI is InChI=1S/C19H18FN5O/c20-15-10-12(26)6-7-13(15)16(21)14-8-9-24-18(14)17(25-19(22)23)11-4-2-1-3-5-11/h1-10,16,24,26H,21H2,(H3,22,23)/b25-17-. The van der Waals surface area contributed by atoms with Gasteiger partial charge in [-0.3, -0.25) is 5.41 Å². The number of hydrogen-bond acceptors (Lipinski definition) is 3. The van der Waals surface area contributed by atoms with Crippen LogP contribution >= 0.6 is 0 Å². The van der Waals surface area contributed by atoms with Crippen molar-refractivity contribution in [2.24, 2.45) is 16.5 Å². The molecular weight excluding hydrogens is 333 g/mol. The van der Waals surface area contributed by atoms with Crippen LogP contribution in [0.3, 0.4) is 0 Å². The molecule has 0 radical (unpaired) electrons. The van der Waals surface area contributed by atoms with Crippen molar-refractivity contribution < 1.29 is 9.50 Å². The molecule has 0 amide bonds. The molecule has 0 aliphatic carbocycles. The van der Waals surface area contributed by atoms with Gasteiger partial charge in [0.1, 0.15) is 11.6 Å². The van der Waals surface area contributed by atoms with Gasteiger partial charge in [-0.15, -0.1) is 0 Å². The molecule has 1 heterocycles. The topological polar surface area (TPSA) is 124 Å². The molecule has 0 saturated heterocycles. The Kier molecular flexibility index (Phi) is 4.81. The van der Waals surface area contributed by atoms with E-state index in [9.17, 15) is 9.50 Å². The van der Waals surface area contributed by atoms with E-state index in [0.29, 0.717) is 17.0 Å². The van der Waals surface area contributed by atoms with Crippen LogP contribution in [-0.4, -0.2) is 21.8 Å². The van der Waals surface area contributed by atoms with E-state index in [1.807, 2.05) is 30.3 Å².